The lowest BCUT2D eigenvalue weighted by Gasteiger charge is -2.20. The van der Waals surface area contributed by atoms with E-state index in [-0.39, 0.29) is 5.41 Å². The second kappa shape index (κ2) is 2.98. The van der Waals surface area contributed by atoms with Gasteiger partial charge >= 0.3 is 0 Å². The van der Waals surface area contributed by atoms with Crippen LogP contribution in [0.5, 0.6) is 0 Å². The highest BCUT2D eigenvalue weighted by molar-refractivity contribution is 6.31. The smallest absolute Gasteiger partial charge is 0.0444 e. The summed E-state index contributed by atoms with van der Waals surface area (Å²) in [5.41, 5.74) is 7.17. The molecule has 0 aliphatic carbocycles. The normalized spacial score (nSPS) is 11.7. The SMILES string of the molecule is [CH2]C(C)(C)c1cc(N)ccc1Cl. The zero-order chi connectivity index (χ0) is 9.35. The summed E-state index contributed by atoms with van der Waals surface area (Å²) in [6.45, 7) is 8.02. The van der Waals surface area contributed by atoms with Gasteiger partial charge in [-0.25, -0.2) is 0 Å². The van der Waals surface area contributed by atoms with E-state index in [1.165, 1.54) is 0 Å². The third kappa shape index (κ3) is 1.92. The first kappa shape index (κ1) is 9.40. The Morgan fingerprint density at radius 2 is 2.00 bits per heavy atom. The Kier molecular flexibility index (Phi) is 2.34. The second-order valence-corrected chi connectivity index (χ2v) is 4.03. The number of rotatable bonds is 1. The van der Waals surface area contributed by atoms with Crippen molar-refractivity contribution in [1.29, 1.82) is 0 Å². The van der Waals surface area contributed by atoms with Crippen molar-refractivity contribution < 1.29 is 0 Å². The fraction of sp³-hybridized carbons (Fsp3) is 0.300. The van der Waals surface area contributed by atoms with Gasteiger partial charge in [0.1, 0.15) is 0 Å². The van der Waals surface area contributed by atoms with Crippen LogP contribution in [0.25, 0.3) is 0 Å². The monoisotopic (exact) mass is 182 g/mol. The Bertz CT molecular complexity index is 286. The first-order chi connectivity index (χ1) is 5.41. The highest BCUT2D eigenvalue weighted by atomic mass is 35.5. The Morgan fingerprint density at radius 1 is 1.42 bits per heavy atom. The molecule has 0 saturated heterocycles. The van der Waals surface area contributed by atoms with Gasteiger partial charge in [-0.3, -0.25) is 0 Å². The van der Waals surface area contributed by atoms with Crippen LogP contribution in [-0.2, 0) is 5.41 Å². The maximum absolute atomic E-state index is 5.99. The number of hydrogen-bond donors (Lipinski definition) is 1. The van der Waals surface area contributed by atoms with E-state index in [0.717, 1.165) is 16.3 Å². The van der Waals surface area contributed by atoms with E-state index in [2.05, 4.69) is 6.92 Å². The minimum Gasteiger partial charge on any atom is -0.399 e. The van der Waals surface area contributed by atoms with Crippen LogP contribution in [0.1, 0.15) is 19.4 Å². The maximum Gasteiger partial charge on any atom is 0.0444 e. The van der Waals surface area contributed by atoms with Crippen LogP contribution in [0, 0.1) is 6.92 Å². The quantitative estimate of drug-likeness (QED) is 0.664. The molecule has 0 unspecified atom stereocenters. The van der Waals surface area contributed by atoms with Gasteiger partial charge < -0.3 is 5.73 Å². The van der Waals surface area contributed by atoms with Crippen LogP contribution in [0.2, 0.25) is 5.02 Å². The van der Waals surface area contributed by atoms with E-state index in [0.29, 0.717) is 0 Å². The molecule has 0 spiro atoms. The Labute approximate surface area is 78.5 Å². The number of halogens is 1. The second-order valence-electron chi connectivity index (χ2n) is 3.62. The van der Waals surface area contributed by atoms with Gasteiger partial charge in [-0.1, -0.05) is 25.4 Å². The molecule has 0 aliphatic rings. The number of anilines is 1. The molecule has 0 aromatic heterocycles. The van der Waals surface area contributed by atoms with Crippen molar-refractivity contribution in [1.82, 2.24) is 0 Å². The lowest BCUT2D eigenvalue weighted by Crippen LogP contribution is -2.12. The van der Waals surface area contributed by atoms with Crippen LogP contribution in [-0.4, -0.2) is 0 Å². The molecule has 0 atom stereocenters. The van der Waals surface area contributed by atoms with Gasteiger partial charge in [0.15, 0.2) is 0 Å². The van der Waals surface area contributed by atoms with Crippen molar-refractivity contribution in [3.8, 4) is 0 Å². The van der Waals surface area contributed by atoms with Gasteiger partial charge in [0.05, 0.1) is 0 Å². The van der Waals surface area contributed by atoms with E-state index in [1.807, 2.05) is 19.9 Å². The molecule has 1 nitrogen and oxygen atoms in total. The Balaban J connectivity index is 3.23. The average Bonchev–Trinajstić information content (AvgIpc) is 1.92. The lowest BCUT2D eigenvalue weighted by atomic mass is 9.87. The van der Waals surface area contributed by atoms with Crippen molar-refractivity contribution >= 4 is 17.3 Å². The predicted octanol–water partition coefficient (Wildman–Crippen LogP) is 3.03. The van der Waals surface area contributed by atoms with E-state index in [9.17, 15) is 0 Å². The Morgan fingerprint density at radius 3 is 2.42 bits per heavy atom. The number of hydrogen-bond acceptors (Lipinski definition) is 1. The molecule has 12 heavy (non-hydrogen) atoms. The van der Waals surface area contributed by atoms with E-state index < -0.39 is 0 Å². The molecule has 1 rings (SSSR count). The summed E-state index contributed by atoms with van der Waals surface area (Å²) in [7, 11) is 0. The zero-order valence-electron chi connectivity index (χ0n) is 7.39. The van der Waals surface area contributed by atoms with Crippen LogP contribution < -0.4 is 5.73 Å². The minimum atomic E-state index is -0.188. The summed E-state index contributed by atoms with van der Waals surface area (Å²) >= 11 is 5.99. The summed E-state index contributed by atoms with van der Waals surface area (Å²) in [5.74, 6) is 0. The van der Waals surface area contributed by atoms with Crippen molar-refractivity contribution in [2.24, 2.45) is 0 Å². The highest BCUT2D eigenvalue weighted by Gasteiger charge is 2.17. The summed E-state index contributed by atoms with van der Waals surface area (Å²) in [4.78, 5) is 0. The molecule has 65 valence electrons. The summed E-state index contributed by atoms with van der Waals surface area (Å²) < 4.78 is 0. The molecule has 0 fully saturated rings. The standard InChI is InChI=1S/C10H13ClN/c1-10(2,3)8-6-7(12)4-5-9(8)11/h4-6H,1,12H2,2-3H3. The first-order valence-corrected chi connectivity index (χ1v) is 4.20. The van der Waals surface area contributed by atoms with Crippen LogP contribution >= 0.6 is 11.6 Å². The molecular formula is C10H13ClN. The molecule has 0 heterocycles. The number of nitrogen functional groups attached to an aromatic ring is 1. The predicted molar refractivity (Wildman–Crippen MR) is 54.2 cm³/mol. The van der Waals surface area contributed by atoms with Gasteiger partial charge in [0.25, 0.3) is 0 Å². The fourth-order valence-electron chi connectivity index (χ4n) is 1.06. The molecule has 2 heteroatoms. The Hall–Kier alpha value is -0.690. The highest BCUT2D eigenvalue weighted by Crippen LogP contribution is 2.30. The van der Waals surface area contributed by atoms with E-state index >= 15 is 0 Å². The molecule has 1 aromatic carbocycles. The molecule has 0 saturated carbocycles. The van der Waals surface area contributed by atoms with Gasteiger partial charge in [-0.15, -0.1) is 0 Å². The van der Waals surface area contributed by atoms with Crippen LogP contribution in [0.15, 0.2) is 18.2 Å². The largest absolute Gasteiger partial charge is 0.399 e. The fourth-order valence-corrected chi connectivity index (χ4v) is 1.43. The molecule has 0 bridgehead atoms. The van der Waals surface area contributed by atoms with Gasteiger partial charge in [0.2, 0.25) is 0 Å². The maximum atomic E-state index is 5.99. The van der Waals surface area contributed by atoms with Gasteiger partial charge in [-0.05, 0) is 36.1 Å². The van der Waals surface area contributed by atoms with Crippen molar-refractivity contribution in [2.75, 3.05) is 5.73 Å². The zero-order valence-corrected chi connectivity index (χ0v) is 8.15. The van der Waals surface area contributed by atoms with Gasteiger partial charge in [0, 0.05) is 10.7 Å². The van der Waals surface area contributed by atoms with E-state index in [4.69, 9.17) is 17.3 Å². The lowest BCUT2D eigenvalue weighted by molar-refractivity contribution is 0.665. The van der Waals surface area contributed by atoms with Crippen LogP contribution in [0.3, 0.4) is 0 Å². The topological polar surface area (TPSA) is 26.0 Å². The summed E-state index contributed by atoms with van der Waals surface area (Å²) in [6.07, 6.45) is 0. The first-order valence-electron chi connectivity index (χ1n) is 3.82. The molecule has 0 amide bonds. The van der Waals surface area contributed by atoms with Gasteiger partial charge in [-0.2, -0.15) is 0 Å². The summed E-state index contributed by atoms with van der Waals surface area (Å²) in [6, 6.07) is 5.46. The molecule has 0 aliphatic heterocycles. The number of nitrogens with two attached hydrogens (primary N) is 1. The average molecular weight is 183 g/mol. The van der Waals surface area contributed by atoms with E-state index in [1.54, 1.807) is 12.1 Å². The van der Waals surface area contributed by atoms with Crippen molar-refractivity contribution in [3.05, 3.63) is 35.7 Å². The molecular weight excluding hydrogens is 170 g/mol. The van der Waals surface area contributed by atoms with Crippen molar-refractivity contribution in [2.45, 2.75) is 19.3 Å². The molecule has 2 N–H and O–H groups in total. The van der Waals surface area contributed by atoms with Crippen molar-refractivity contribution in [3.63, 3.8) is 0 Å². The third-order valence-corrected chi connectivity index (χ3v) is 2.05. The van der Waals surface area contributed by atoms with Crippen LogP contribution in [0.4, 0.5) is 5.69 Å². The third-order valence-electron chi connectivity index (χ3n) is 1.72. The molecule has 1 radical (unpaired) electrons. The number of benzene rings is 1. The summed E-state index contributed by atoms with van der Waals surface area (Å²) in [5, 5.41) is 0.726. The molecule has 1 aromatic rings. The minimum absolute atomic E-state index is 0.188.